The van der Waals surface area contributed by atoms with Crippen LogP contribution >= 0.6 is 47.8 Å². The van der Waals surface area contributed by atoms with Crippen molar-refractivity contribution in [3.8, 4) is 0 Å². The Kier molecular flexibility index (Phi) is 4.91. The molecule has 0 bridgehead atoms. The predicted octanol–water partition coefficient (Wildman–Crippen LogP) is 7.55. The maximum atomic E-state index is 3.92. The van der Waals surface area contributed by atoms with Crippen LogP contribution in [0.25, 0.3) is 16.8 Å². The zero-order valence-corrected chi connectivity index (χ0v) is 18.3. The van der Waals surface area contributed by atoms with Crippen molar-refractivity contribution in [1.29, 1.82) is 0 Å². The molecule has 1 unspecified atom stereocenters. The molecule has 1 aliphatic rings. The third kappa shape index (κ3) is 2.75. The Morgan fingerprint density at radius 3 is 2.48 bits per heavy atom. The summed E-state index contributed by atoms with van der Waals surface area (Å²) in [4.78, 5) is 0. The van der Waals surface area contributed by atoms with Crippen LogP contribution in [0, 0.1) is 0 Å². The van der Waals surface area contributed by atoms with Gasteiger partial charge in [0.25, 0.3) is 0 Å². The first-order valence-electron chi connectivity index (χ1n) is 8.30. The van der Waals surface area contributed by atoms with Gasteiger partial charge in [-0.2, -0.15) is 0 Å². The zero-order chi connectivity index (χ0) is 17.4. The van der Waals surface area contributed by atoms with E-state index in [1.807, 2.05) is 0 Å². The summed E-state index contributed by atoms with van der Waals surface area (Å²) in [6, 6.07) is 21.9. The summed E-state index contributed by atoms with van der Waals surface area (Å²) in [5.74, 6) is 0. The highest BCUT2D eigenvalue weighted by Gasteiger charge is 2.43. The minimum atomic E-state index is -0.157. The van der Waals surface area contributed by atoms with E-state index in [0.717, 1.165) is 11.8 Å². The van der Waals surface area contributed by atoms with Crippen LogP contribution in [0.3, 0.4) is 0 Å². The Hall–Kier alpha value is -0.900. The summed E-state index contributed by atoms with van der Waals surface area (Å²) in [5.41, 5.74) is 5.25. The Morgan fingerprint density at radius 2 is 1.68 bits per heavy atom. The SMILES string of the molecule is BrCc1ccc2ccccc2c1C1(C(Br)Br)CC=Cc2ccccc21. The minimum Gasteiger partial charge on any atom is -0.0876 e. The summed E-state index contributed by atoms with van der Waals surface area (Å²) in [5, 5.41) is 3.45. The molecule has 0 saturated carbocycles. The van der Waals surface area contributed by atoms with Crippen molar-refractivity contribution < 1.29 is 0 Å². The Labute approximate surface area is 173 Å². The van der Waals surface area contributed by atoms with E-state index in [4.69, 9.17) is 0 Å². The lowest BCUT2D eigenvalue weighted by atomic mass is 9.67. The number of hydrogen-bond donors (Lipinski definition) is 0. The minimum absolute atomic E-state index is 0.127. The monoisotopic (exact) mass is 518 g/mol. The molecular formula is C22H17Br3. The molecule has 0 saturated heterocycles. The molecule has 3 heteroatoms. The largest absolute Gasteiger partial charge is 0.0876 e. The molecule has 0 heterocycles. The summed E-state index contributed by atoms with van der Waals surface area (Å²) < 4.78 is 0.127. The topological polar surface area (TPSA) is 0 Å². The van der Waals surface area contributed by atoms with Gasteiger partial charge in [0.1, 0.15) is 0 Å². The van der Waals surface area contributed by atoms with Crippen LogP contribution in [0.4, 0.5) is 0 Å². The lowest BCUT2D eigenvalue weighted by molar-refractivity contribution is 0.574. The smallest absolute Gasteiger partial charge is 0.0838 e. The van der Waals surface area contributed by atoms with E-state index in [1.54, 1.807) is 0 Å². The van der Waals surface area contributed by atoms with Gasteiger partial charge in [-0.05, 0) is 39.4 Å². The number of fused-ring (bicyclic) bond motifs is 2. The molecule has 0 nitrogen and oxygen atoms in total. The molecule has 0 radical (unpaired) electrons. The molecule has 0 aromatic heterocycles. The van der Waals surface area contributed by atoms with Crippen LogP contribution in [0.5, 0.6) is 0 Å². The lowest BCUT2D eigenvalue weighted by Gasteiger charge is -2.41. The first-order chi connectivity index (χ1) is 12.2. The summed E-state index contributed by atoms with van der Waals surface area (Å²) in [6.07, 6.45) is 5.51. The first-order valence-corrected chi connectivity index (χ1v) is 11.2. The van der Waals surface area contributed by atoms with Gasteiger partial charge in [0.15, 0.2) is 0 Å². The Morgan fingerprint density at radius 1 is 0.920 bits per heavy atom. The second kappa shape index (κ2) is 7.02. The third-order valence-electron chi connectivity index (χ3n) is 5.16. The van der Waals surface area contributed by atoms with Gasteiger partial charge in [0.05, 0.1) is 3.74 Å². The number of rotatable bonds is 3. The maximum Gasteiger partial charge on any atom is 0.0838 e. The molecule has 0 amide bonds. The average Bonchev–Trinajstić information content (AvgIpc) is 2.66. The van der Waals surface area contributed by atoms with Crippen molar-refractivity contribution in [2.45, 2.75) is 20.9 Å². The van der Waals surface area contributed by atoms with Crippen LogP contribution < -0.4 is 0 Å². The Balaban J connectivity index is 2.14. The number of hydrogen-bond acceptors (Lipinski definition) is 0. The van der Waals surface area contributed by atoms with E-state index in [-0.39, 0.29) is 9.15 Å². The van der Waals surface area contributed by atoms with Crippen molar-refractivity contribution in [3.05, 3.63) is 89.0 Å². The van der Waals surface area contributed by atoms with Crippen molar-refractivity contribution in [2.75, 3.05) is 0 Å². The first kappa shape index (κ1) is 17.5. The highest BCUT2D eigenvalue weighted by molar-refractivity contribution is 9.24. The molecule has 3 aromatic carbocycles. The van der Waals surface area contributed by atoms with Gasteiger partial charge < -0.3 is 0 Å². The van der Waals surface area contributed by atoms with Crippen LogP contribution in [-0.2, 0) is 10.7 Å². The van der Waals surface area contributed by atoms with Gasteiger partial charge in [-0.1, -0.05) is 121 Å². The Bertz CT molecular complexity index is 958. The van der Waals surface area contributed by atoms with Crippen molar-refractivity contribution in [3.63, 3.8) is 0 Å². The van der Waals surface area contributed by atoms with Gasteiger partial charge in [0, 0.05) is 10.7 Å². The molecule has 1 aliphatic carbocycles. The van der Waals surface area contributed by atoms with Crippen molar-refractivity contribution in [2.24, 2.45) is 0 Å². The van der Waals surface area contributed by atoms with Gasteiger partial charge in [-0.3, -0.25) is 0 Å². The number of benzene rings is 3. The molecule has 1 atom stereocenters. The van der Waals surface area contributed by atoms with E-state index >= 15 is 0 Å². The van der Waals surface area contributed by atoms with Crippen LogP contribution in [0.15, 0.2) is 66.7 Å². The fourth-order valence-electron chi connectivity index (χ4n) is 4.04. The average molecular weight is 521 g/mol. The van der Waals surface area contributed by atoms with Crippen molar-refractivity contribution in [1.82, 2.24) is 0 Å². The second-order valence-electron chi connectivity index (χ2n) is 6.42. The van der Waals surface area contributed by atoms with E-state index in [1.165, 1.54) is 33.0 Å². The normalized spacial score (nSPS) is 19.4. The summed E-state index contributed by atoms with van der Waals surface area (Å²) in [6.45, 7) is 0. The molecule has 25 heavy (non-hydrogen) atoms. The third-order valence-corrected chi connectivity index (χ3v) is 7.32. The number of allylic oxidation sites excluding steroid dienone is 1. The molecule has 3 aromatic rings. The van der Waals surface area contributed by atoms with Gasteiger partial charge in [0.2, 0.25) is 0 Å². The number of alkyl halides is 3. The van der Waals surface area contributed by atoms with Gasteiger partial charge >= 0.3 is 0 Å². The maximum absolute atomic E-state index is 3.92. The van der Waals surface area contributed by atoms with Crippen LogP contribution in [0.2, 0.25) is 0 Å². The fraction of sp³-hybridized carbons (Fsp3) is 0.182. The zero-order valence-electron chi connectivity index (χ0n) is 13.6. The lowest BCUT2D eigenvalue weighted by Crippen LogP contribution is -2.37. The van der Waals surface area contributed by atoms with E-state index in [0.29, 0.717) is 0 Å². The highest BCUT2D eigenvalue weighted by atomic mass is 79.9. The standard InChI is InChI=1S/C22H17Br3/c23-14-17-12-11-15-6-1-3-9-18(15)20(17)22(21(24)25)13-5-8-16-7-2-4-10-19(16)22/h1-12,21H,13-14H2. The molecule has 126 valence electrons. The molecule has 0 N–H and O–H groups in total. The highest BCUT2D eigenvalue weighted by Crippen LogP contribution is 2.51. The molecule has 0 aliphatic heterocycles. The number of halogens is 3. The van der Waals surface area contributed by atoms with E-state index < -0.39 is 0 Å². The fourth-order valence-corrected chi connectivity index (χ4v) is 5.83. The van der Waals surface area contributed by atoms with E-state index in [2.05, 4.69) is 121 Å². The molecule has 0 spiro atoms. The molecule has 4 rings (SSSR count). The van der Waals surface area contributed by atoms with E-state index in [9.17, 15) is 0 Å². The quantitative estimate of drug-likeness (QED) is 0.313. The van der Waals surface area contributed by atoms with Crippen molar-refractivity contribution >= 4 is 64.6 Å². The van der Waals surface area contributed by atoms with Crippen LogP contribution in [-0.4, -0.2) is 3.74 Å². The van der Waals surface area contributed by atoms with Gasteiger partial charge in [-0.25, -0.2) is 0 Å². The predicted molar refractivity (Wildman–Crippen MR) is 119 cm³/mol. The molecule has 0 fully saturated rings. The summed E-state index contributed by atoms with van der Waals surface area (Å²) in [7, 11) is 0. The second-order valence-corrected chi connectivity index (χ2v) is 10.0. The summed E-state index contributed by atoms with van der Waals surface area (Å²) >= 11 is 11.6. The molecular weight excluding hydrogens is 504 g/mol. The van der Waals surface area contributed by atoms with Gasteiger partial charge in [-0.15, -0.1) is 0 Å². The van der Waals surface area contributed by atoms with Crippen LogP contribution in [0.1, 0.15) is 28.7 Å².